The predicted molar refractivity (Wildman–Crippen MR) is 145 cm³/mol. The number of furan rings is 1. The fraction of sp³-hybridized carbons (Fsp3) is 0.333. The average molecular weight is 508 g/mol. The number of aromatic nitrogens is 2. The smallest absolute Gasteiger partial charge is 0.225 e. The second kappa shape index (κ2) is 10.9. The van der Waals surface area contributed by atoms with Crippen molar-refractivity contribution in [2.45, 2.75) is 54.3 Å². The maximum absolute atomic E-state index is 6.01. The number of nitrogens with zero attached hydrogens (tertiary/aromatic N) is 3. The Bertz CT molecular complexity index is 1270. The van der Waals surface area contributed by atoms with Gasteiger partial charge in [-0.3, -0.25) is 0 Å². The lowest BCUT2D eigenvalue weighted by atomic mass is 9.91. The summed E-state index contributed by atoms with van der Waals surface area (Å²) in [6.07, 6.45) is 4.39. The molecule has 0 amide bonds. The number of hydrogen-bond acceptors (Lipinski definition) is 7. The third-order valence-corrected chi connectivity index (χ3v) is 7.48. The molecule has 0 saturated heterocycles. The first-order chi connectivity index (χ1) is 17.0. The molecule has 1 aliphatic rings. The lowest BCUT2D eigenvalue weighted by molar-refractivity contribution is 0.332. The molecule has 35 heavy (non-hydrogen) atoms. The van der Waals surface area contributed by atoms with E-state index in [1.807, 2.05) is 67.5 Å². The van der Waals surface area contributed by atoms with Gasteiger partial charge in [0.25, 0.3) is 0 Å². The van der Waals surface area contributed by atoms with Gasteiger partial charge in [0, 0.05) is 41.5 Å². The van der Waals surface area contributed by atoms with Crippen LogP contribution < -0.4 is 15.5 Å². The molecule has 8 heteroatoms. The van der Waals surface area contributed by atoms with Crippen LogP contribution >= 0.6 is 23.4 Å². The summed E-state index contributed by atoms with van der Waals surface area (Å²) >= 11 is 7.58. The second-order valence-electron chi connectivity index (χ2n) is 9.13. The highest BCUT2D eigenvalue weighted by molar-refractivity contribution is 7.99. The van der Waals surface area contributed by atoms with E-state index >= 15 is 0 Å². The van der Waals surface area contributed by atoms with Gasteiger partial charge < -0.3 is 20.0 Å². The van der Waals surface area contributed by atoms with Crippen molar-refractivity contribution in [3.05, 3.63) is 71.4 Å². The maximum atomic E-state index is 6.01. The van der Waals surface area contributed by atoms with Gasteiger partial charge in [-0.2, -0.15) is 4.98 Å². The van der Waals surface area contributed by atoms with Gasteiger partial charge in [0.15, 0.2) is 5.09 Å². The van der Waals surface area contributed by atoms with Crippen LogP contribution in [0.3, 0.4) is 0 Å². The number of anilines is 2. The molecule has 0 spiro atoms. The summed E-state index contributed by atoms with van der Waals surface area (Å²) < 4.78 is 6.01. The first-order valence-corrected chi connectivity index (χ1v) is 13.2. The third-order valence-electron chi connectivity index (χ3n) is 6.30. The van der Waals surface area contributed by atoms with Crippen LogP contribution in [0.15, 0.2) is 75.1 Å². The van der Waals surface area contributed by atoms with Crippen LogP contribution in [0.1, 0.15) is 31.4 Å². The van der Waals surface area contributed by atoms with Gasteiger partial charge in [-0.25, -0.2) is 4.98 Å². The van der Waals surface area contributed by atoms with Crippen molar-refractivity contribution >= 4 is 46.0 Å². The first kappa shape index (κ1) is 24.0. The Labute approximate surface area is 215 Å². The first-order valence-electron chi connectivity index (χ1n) is 12.0. The van der Waals surface area contributed by atoms with Crippen LogP contribution in [0.5, 0.6) is 0 Å². The van der Waals surface area contributed by atoms with Gasteiger partial charge >= 0.3 is 0 Å². The van der Waals surface area contributed by atoms with Gasteiger partial charge in [-0.1, -0.05) is 35.5 Å². The molecule has 1 saturated carbocycles. The highest BCUT2D eigenvalue weighted by atomic mass is 35.5. The predicted octanol–water partition coefficient (Wildman–Crippen LogP) is 6.61. The zero-order valence-corrected chi connectivity index (χ0v) is 21.6. The lowest BCUT2D eigenvalue weighted by Gasteiger charge is -2.30. The molecular formula is C27H30ClN5OS. The van der Waals surface area contributed by atoms with Gasteiger partial charge in [0.1, 0.15) is 11.6 Å². The Morgan fingerprint density at radius 3 is 2.46 bits per heavy atom. The van der Waals surface area contributed by atoms with E-state index in [1.165, 1.54) is 0 Å². The largest absolute Gasteiger partial charge is 0.453 e. The van der Waals surface area contributed by atoms with Gasteiger partial charge in [0.2, 0.25) is 5.95 Å². The summed E-state index contributed by atoms with van der Waals surface area (Å²) in [7, 11) is 4.04. The van der Waals surface area contributed by atoms with Crippen LogP contribution in [0.2, 0.25) is 5.02 Å². The highest BCUT2D eigenvalue weighted by Gasteiger charge is 2.22. The molecule has 2 heterocycles. The Hall–Kier alpha value is -2.74. The summed E-state index contributed by atoms with van der Waals surface area (Å²) in [6.45, 7) is 0.740. The minimum absolute atomic E-state index is 0.384. The quantitative estimate of drug-likeness (QED) is 0.278. The van der Waals surface area contributed by atoms with Crippen LogP contribution in [-0.2, 0) is 6.54 Å². The fourth-order valence-electron chi connectivity index (χ4n) is 4.46. The Balaban J connectivity index is 1.11. The topological polar surface area (TPSA) is 66.2 Å². The number of para-hydroxylation sites is 1. The number of halogens is 1. The van der Waals surface area contributed by atoms with Gasteiger partial charge in [0.05, 0.1) is 12.1 Å². The van der Waals surface area contributed by atoms with Crippen molar-refractivity contribution in [2.24, 2.45) is 0 Å². The normalized spacial score (nSPS) is 18.0. The molecule has 5 rings (SSSR count). The van der Waals surface area contributed by atoms with E-state index in [-0.39, 0.29) is 0 Å². The number of rotatable bonds is 8. The van der Waals surface area contributed by atoms with E-state index in [9.17, 15) is 0 Å². The van der Waals surface area contributed by atoms with Crippen LogP contribution in [0.25, 0.3) is 10.9 Å². The summed E-state index contributed by atoms with van der Waals surface area (Å²) in [4.78, 5) is 12.7. The van der Waals surface area contributed by atoms with Crippen LogP contribution in [-0.4, -0.2) is 36.1 Å². The van der Waals surface area contributed by atoms with Crippen LogP contribution in [0, 0.1) is 0 Å². The second-order valence-corrected chi connectivity index (χ2v) is 10.6. The molecule has 0 aliphatic heterocycles. The van der Waals surface area contributed by atoms with E-state index in [4.69, 9.17) is 26.0 Å². The molecule has 0 unspecified atom stereocenters. The van der Waals surface area contributed by atoms with E-state index in [2.05, 4.69) is 22.8 Å². The van der Waals surface area contributed by atoms with E-state index < -0.39 is 0 Å². The van der Waals surface area contributed by atoms with Crippen molar-refractivity contribution in [1.29, 1.82) is 0 Å². The molecule has 0 atom stereocenters. The van der Waals surface area contributed by atoms with Crippen molar-refractivity contribution in [3.8, 4) is 0 Å². The maximum Gasteiger partial charge on any atom is 0.225 e. The number of benzene rings is 2. The zero-order valence-electron chi connectivity index (χ0n) is 20.0. The number of fused-ring (bicyclic) bond motifs is 1. The minimum atomic E-state index is 0.384. The van der Waals surface area contributed by atoms with E-state index in [1.54, 1.807) is 11.8 Å². The van der Waals surface area contributed by atoms with Crippen molar-refractivity contribution in [1.82, 2.24) is 15.3 Å². The third kappa shape index (κ3) is 6.10. The molecule has 0 bridgehead atoms. The summed E-state index contributed by atoms with van der Waals surface area (Å²) in [5, 5.41) is 9.96. The van der Waals surface area contributed by atoms with Gasteiger partial charge in [-0.15, -0.1) is 0 Å². The minimum Gasteiger partial charge on any atom is -0.453 e. The monoisotopic (exact) mass is 507 g/mol. The molecular weight excluding hydrogens is 478 g/mol. The molecule has 2 aromatic heterocycles. The van der Waals surface area contributed by atoms with E-state index in [0.717, 1.165) is 69.7 Å². The summed E-state index contributed by atoms with van der Waals surface area (Å²) in [5.41, 5.74) is 0.969. The zero-order chi connectivity index (χ0) is 24.2. The summed E-state index contributed by atoms with van der Waals surface area (Å²) in [5.74, 6) is 2.62. The molecule has 6 nitrogen and oxygen atoms in total. The van der Waals surface area contributed by atoms with E-state index in [0.29, 0.717) is 18.0 Å². The molecule has 1 aliphatic carbocycles. The van der Waals surface area contributed by atoms with Crippen LogP contribution in [0.4, 0.5) is 11.8 Å². The molecule has 2 N–H and O–H groups in total. The van der Waals surface area contributed by atoms with Crippen molar-refractivity contribution < 1.29 is 4.42 Å². The Morgan fingerprint density at radius 1 is 0.943 bits per heavy atom. The SMILES string of the molecule is CN(C)c1nc(NC2CCC(NCc3ccc(Sc4ccc(Cl)cc4)o3)CC2)nc2ccccc12. The molecule has 1 fully saturated rings. The average Bonchev–Trinajstić information content (AvgIpc) is 3.31. The number of hydrogen-bond donors (Lipinski definition) is 2. The molecule has 182 valence electrons. The standard InChI is InChI=1S/C27H30ClN5OS/c1-33(2)26-23-5-3-4-6-24(23)31-27(32-26)30-20-11-9-19(10-12-20)29-17-21-13-16-25(34-21)35-22-14-7-18(28)8-15-22/h3-8,13-16,19-20,29H,9-12,17H2,1-2H3,(H,30,31,32). The molecule has 0 radical (unpaired) electrons. The lowest BCUT2D eigenvalue weighted by Crippen LogP contribution is -2.36. The fourth-order valence-corrected chi connectivity index (χ4v) is 5.38. The Kier molecular flexibility index (Phi) is 7.46. The van der Waals surface area contributed by atoms with Gasteiger partial charge in [-0.05, 0) is 74.2 Å². The highest BCUT2D eigenvalue weighted by Crippen LogP contribution is 2.30. The number of nitrogens with one attached hydrogen (secondary N) is 2. The summed E-state index contributed by atoms with van der Waals surface area (Å²) in [6, 6.07) is 20.9. The van der Waals surface area contributed by atoms with Crippen molar-refractivity contribution in [2.75, 3.05) is 24.3 Å². The molecule has 2 aromatic carbocycles. The Morgan fingerprint density at radius 2 is 1.69 bits per heavy atom. The van der Waals surface area contributed by atoms with Crippen molar-refractivity contribution in [3.63, 3.8) is 0 Å². The molecule has 4 aromatic rings.